The van der Waals surface area contributed by atoms with Crippen LogP contribution in [0.2, 0.25) is 0 Å². The van der Waals surface area contributed by atoms with Crippen LogP contribution in [0.4, 0.5) is 4.39 Å². The van der Waals surface area contributed by atoms with Crippen molar-refractivity contribution in [1.29, 1.82) is 0 Å². The van der Waals surface area contributed by atoms with Crippen LogP contribution in [0.5, 0.6) is 0 Å². The van der Waals surface area contributed by atoms with Crippen LogP contribution < -0.4 is 5.69 Å². The number of aliphatic carboxylic acids is 1. The van der Waals surface area contributed by atoms with Crippen molar-refractivity contribution in [3.8, 4) is 0 Å². The lowest BCUT2D eigenvalue weighted by atomic mass is 10.4. The summed E-state index contributed by atoms with van der Waals surface area (Å²) in [6.45, 7) is 3.50. The minimum atomic E-state index is -2.32. The van der Waals surface area contributed by atoms with E-state index in [-0.39, 0.29) is 6.04 Å². The third-order valence-corrected chi connectivity index (χ3v) is 1.83. The van der Waals surface area contributed by atoms with E-state index in [1.807, 2.05) is 0 Å². The van der Waals surface area contributed by atoms with E-state index in [1.54, 1.807) is 13.8 Å². The van der Waals surface area contributed by atoms with Crippen LogP contribution >= 0.6 is 0 Å². The van der Waals surface area contributed by atoms with Gasteiger partial charge in [-0.15, -0.1) is 0 Å². The van der Waals surface area contributed by atoms with Crippen LogP contribution in [0.25, 0.3) is 0 Å². The maximum atomic E-state index is 12.9. The van der Waals surface area contributed by atoms with Crippen molar-refractivity contribution >= 4 is 5.97 Å². The van der Waals surface area contributed by atoms with Crippen molar-refractivity contribution in [3.05, 3.63) is 22.9 Å². The Morgan fingerprint density at radius 1 is 1.43 bits per heavy atom. The van der Waals surface area contributed by atoms with Crippen molar-refractivity contribution in [1.82, 2.24) is 9.13 Å². The Bertz CT molecular complexity index is 394. The summed E-state index contributed by atoms with van der Waals surface area (Å²) < 4.78 is 14.7. The van der Waals surface area contributed by atoms with E-state index in [2.05, 4.69) is 0 Å². The average molecular weight is 202 g/mol. The van der Waals surface area contributed by atoms with E-state index in [1.165, 1.54) is 10.8 Å². The molecule has 0 spiro atoms. The van der Waals surface area contributed by atoms with Crippen LogP contribution in [0.3, 0.4) is 0 Å². The zero-order chi connectivity index (χ0) is 10.9. The van der Waals surface area contributed by atoms with Gasteiger partial charge in [-0.25, -0.2) is 14.0 Å². The SMILES string of the molecule is CC(C)n1ccn(C(F)C(=O)O)c1=O. The zero-order valence-corrected chi connectivity index (χ0v) is 7.85. The van der Waals surface area contributed by atoms with Gasteiger partial charge in [-0.1, -0.05) is 0 Å². The molecule has 6 heteroatoms. The predicted molar refractivity (Wildman–Crippen MR) is 46.9 cm³/mol. The van der Waals surface area contributed by atoms with Crippen LogP contribution in [0.1, 0.15) is 26.2 Å². The number of alkyl halides is 1. The molecule has 0 bridgehead atoms. The van der Waals surface area contributed by atoms with Gasteiger partial charge in [0.15, 0.2) is 0 Å². The second-order valence-corrected chi connectivity index (χ2v) is 3.16. The third-order valence-electron chi connectivity index (χ3n) is 1.83. The average Bonchev–Trinajstić information content (AvgIpc) is 2.45. The van der Waals surface area contributed by atoms with E-state index in [0.29, 0.717) is 4.57 Å². The topological polar surface area (TPSA) is 64.2 Å². The summed E-state index contributed by atoms with van der Waals surface area (Å²) >= 11 is 0. The fraction of sp³-hybridized carbons (Fsp3) is 0.500. The van der Waals surface area contributed by atoms with Crippen molar-refractivity contribution in [3.63, 3.8) is 0 Å². The molecule has 0 saturated heterocycles. The molecule has 1 heterocycles. The second-order valence-electron chi connectivity index (χ2n) is 3.16. The number of carboxylic acid groups (broad SMARTS) is 1. The van der Waals surface area contributed by atoms with E-state index < -0.39 is 18.0 Å². The van der Waals surface area contributed by atoms with E-state index in [0.717, 1.165) is 6.20 Å². The lowest BCUT2D eigenvalue weighted by molar-refractivity contribution is -0.146. The Morgan fingerprint density at radius 3 is 2.29 bits per heavy atom. The molecule has 0 aliphatic carbocycles. The van der Waals surface area contributed by atoms with Crippen molar-refractivity contribution in [2.75, 3.05) is 0 Å². The van der Waals surface area contributed by atoms with Crippen molar-refractivity contribution in [2.45, 2.75) is 26.2 Å². The zero-order valence-electron chi connectivity index (χ0n) is 7.85. The number of rotatable bonds is 3. The molecule has 0 aliphatic heterocycles. The first-order chi connectivity index (χ1) is 6.45. The van der Waals surface area contributed by atoms with Gasteiger partial charge in [0, 0.05) is 18.4 Å². The molecule has 1 rings (SSSR count). The Morgan fingerprint density at radius 2 is 1.93 bits per heavy atom. The van der Waals surface area contributed by atoms with E-state index in [9.17, 15) is 14.0 Å². The highest BCUT2D eigenvalue weighted by atomic mass is 19.1. The van der Waals surface area contributed by atoms with Gasteiger partial charge in [0.05, 0.1) is 0 Å². The summed E-state index contributed by atoms with van der Waals surface area (Å²) in [5, 5.41) is 8.36. The van der Waals surface area contributed by atoms with Gasteiger partial charge in [-0.3, -0.25) is 9.13 Å². The lowest BCUT2D eigenvalue weighted by Crippen LogP contribution is -2.29. The molecule has 1 atom stereocenters. The normalized spacial score (nSPS) is 13.1. The molecule has 0 aromatic carbocycles. The molecule has 0 amide bonds. The first-order valence-electron chi connectivity index (χ1n) is 4.11. The highest BCUT2D eigenvalue weighted by Gasteiger charge is 2.21. The number of aromatic nitrogens is 2. The van der Waals surface area contributed by atoms with Crippen LogP contribution in [-0.2, 0) is 4.79 Å². The molecule has 78 valence electrons. The molecular weight excluding hydrogens is 191 g/mol. The van der Waals surface area contributed by atoms with E-state index in [4.69, 9.17) is 5.11 Å². The molecule has 14 heavy (non-hydrogen) atoms. The smallest absolute Gasteiger partial charge is 0.360 e. The number of imidazole rings is 1. The summed E-state index contributed by atoms with van der Waals surface area (Å²) in [5.41, 5.74) is -0.658. The summed E-state index contributed by atoms with van der Waals surface area (Å²) in [6.07, 6.45) is 0.173. The Kier molecular flexibility index (Phi) is 2.73. The highest BCUT2D eigenvalue weighted by molar-refractivity contribution is 5.70. The molecular formula is C8H11FN2O3. The first-order valence-corrected chi connectivity index (χ1v) is 4.11. The van der Waals surface area contributed by atoms with Gasteiger partial charge in [0.2, 0.25) is 0 Å². The van der Waals surface area contributed by atoms with Gasteiger partial charge in [-0.05, 0) is 13.8 Å². The first kappa shape index (κ1) is 10.5. The molecule has 1 N–H and O–H groups in total. The van der Waals surface area contributed by atoms with Crippen molar-refractivity contribution < 1.29 is 14.3 Å². The molecule has 5 nitrogen and oxygen atoms in total. The second kappa shape index (κ2) is 3.65. The van der Waals surface area contributed by atoms with Crippen LogP contribution in [-0.4, -0.2) is 20.2 Å². The highest BCUT2D eigenvalue weighted by Crippen LogP contribution is 2.07. The minimum absolute atomic E-state index is 0.121. The molecule has 1 aromatic heterocycles. The largest absolute Gasteiger partial charge is 0.478 e. The standard InChI is InChI=1S/C8H11FN2O3/c1-5(2)10-3-4-11(8(10)14)6(9)7(12)13/h3-6H,1-2H3,(H,12,13). The Hall–Kier alpha value is -1.59. The lowest BCUT2D eigenvalue weighted by Gasteiger charge is -2.05. The number of carbonyl (C=O) groups is 1. The summed E-state index contributed by atoms with van der Waals surface area (Å²) in [4.78, 5) is 21.7. The van der Waals surface area contributed by atoms with Crippen LogP contribution in [0, 0.1) is 0 Å². The van der Waals surface area contributed by atoms with E-state index >= 15 is 0 Å². The number of hydrogen-bond donors (Lipinski definition) is 1. The van der Waals surface area contributed by atoms with Gasteiger partial charge in [0.1, 0.15) is 0 Å². The Balaban J connectivity index is 3.14. The molecule has 1 unspecified atom stereocenters. The summed E-state index contributed by atoms with van der Waals surface area (Å²) in [7, 11) is 0. The number of carboxylic acids is 1. The maximum Gasteiger partial charge on any atom is 0.360 e. The molecule has 0 fully saturated rings. The summed E-state index contributed by atoms with van der Waals surface area (Å²) in [6, 6.07) is -0.121. The number of nitrogens with zero attached hydrogens (tertiary/aromatic N) is 2. The minimum Gasteiger partial charge on any atom is -0.478 e. The van der Waals surface area contributed by atoms with Gasteiger partial charge in [0.25, 0.3) is 6.30 Å². The van der Waals surface area contributed by atoms with Crippen LogP contribution in [0.15, 0.2) is 17.2 Å². The predicted octanol–water partition coefficient (Wildman–Crippen LogP) is 0.783. The van der Waals surface area contributed by atoms with Gasteiger partial charge in [-0.2, -0.15) is 0 Å². The maximum absolute atomic E-state index is 12.9. The monoisotopic (exact) mass is 202 g/mol. The van der Waals surface area contributed by atoms with Gasteiger partial charge < -0.3 is 5.11 Å². The number of halogens is 1. The van der Waals surface area contributed by atoms with Gasteiger partial charge >= 0.3 is 11.7 Å². The van der Waals surface area contributed by atoms with Crippen molar-refractivity contribution in [2.24, 2.45) is 0 Å². The molecule has 1 aromatic rings. The summed E-state index contributed by atoms with van der Waals surface area (Å²) in [5.74, 6) is -1.67. The molecule has 0 radical (unpaired) electrons. The molecule has 0 aliphatic rings. The fourth-order valence-corrected chi connectivity index (χ4v) is 1.09. The molecule has 0 saturated carbocycles. The third kappa shape index (κ3) is 1.68. The Labute approximate surface area is 79.4 Å². The fourth-order valence-electron chi connectivity index (χ4n) is 1.09. The quantitative estimate of drug-likeness (QED) is 0.787. The number of hydrogen-bond acceptors (Lipinski definition) is 2.